The van der Waals surface area contributed by atoms with Crippen LogP contribution in [-0.2, 0) is 6.54 Å². The molecule has 150 valence electrons. The molecule has 6 heteroatoms. The molecule has 1 aliphatic rings. The Hall–Kier alpha value is -2.47. The molecule has 3 rings (SSSR count). The Labute approximate surface area is 168 Å². The van der Waals surface area contributed by atoms with E-state index in [4.69, 9.17) is 0 Å². The maximum Gasteiger partial charge on any atom is 0.291 e. The average Bonchev–Trinajstić information content (AvgIpc) is 3.12. The molecule has 1 aromatic heterocycles. The van der Waals surface area contributed by atoms with Crippen molar-refractivity contribution in [3.63, 3.8) is 0 Å². The second-order valence-corrected chi connectivity index (χ2v) is 8.02. The van der Waals surface area contributed by atoms with E-state index in [-0.39, 0.29) is 11.7 Å². The summed E-state index contributed by atoms with van der Waals surface area (Å²) < 4.78 is 0. The van der Waals surface area contributed by atoms with E-state index in [0.29, 0.717) is 6.04 Å². The summed E-state index contributed by atoms with van der Waals surface area (Å²) in [6, 6.07) is 7.00. The van der Waals surface area contributed by atoms with Crippen LogP contribution < -0.4 is 10.2 Å². The number of rotatable bonds is 5. The van der Waals surface area contributed by atoms with E-state index in [1.807, 2.05) is 13.8 Å². The van der Waals surface area contributed by atoms with Crippen LogP contribution in [0.25, 0.3) is 0 Å². The van der Waals surface area contributed by atoms with Crippen molar-refractivity contribution < 1.29 is 4.79 Å². The van der Waals surface area contributed by atoms with Crippen molar-refractivity contribution in [3.05, 3.63) is 52.0 Å². The van der Waals surface area contributed by atoms with Crippen molar-refractivity contribution in [1.82, 2.24) is 20.2 Å². The normalized spacial score (nSPS) is 16.5. The number of nitrogens with zero attached hydrogens (tertiary/aromatic N) is 4. The van der Waals surface area contributed by atoms with E-state index in [9.17, 15) is 4.79 Å². The van der Waals surface area contributed by atoms with E-state index in [0.717, 1.165) is 43.1 Å². The number of aromatic nitrogens is 2. The van der Waals surface area contributed by atoms with E-state index < -0.39 is 0 Å². The van der Waals surface area contributed by atoms with Crippen LogP contribution >= 0.6 is 0 Å². The van der Waals surface area contributed by atoms with Gasteiger partial charge < -0.3 is 15.1 Å². The number of carbonyl (C=O) groups excluding carboxylic acids is 1. The number of hydrogen-bond donors (Lipinski definition) is 1. The maximum atomic E-state index is 12.3. The molecule has 0 bridgehead atoms. The molecule has 1 aliphatic heterocycles. The minimum absolute atomic E-state index is 0.159. The second kappa shape index (κ2) is 8.27. The summed E-state index contributed by atoms with van der Waals surface area (Å²) in [7, 11) is 3.45. The molecule has 1 fully saturated rings. The number of anilines is 1. The first-order chi connectivity index (χ1) is 13.3. The zero-order valence-corrected chi connectivity index (χ0v) is 17.8. The van der Waals surface area contributed by atoms with Gasteiger partial charge in [0.25, 0.3) is 5.91 Å². The van der Waals surface area contributed by atoms with Gasteiger partial charge in [-0.3, -0.25) is 4.79 Å². The van der Waals surface area contributed by atoms with Crippen LogP contribution in [0.15, 0.2) is 18.2 Å². The van der Waals surface area contributed by atoms with Gasteiger partial charge in [-0.1, -0.05) is 23.8 Å². The lowest BCUT2D eigenvalue weighted by atomic mass is 10.1. The van der Waals surface area contributed by atoms with Crippen molar-refractivity contribution >= 4 is 11.7 Å². The SMILES string of the molecule is Cc1ccc(C)c(CN[C@@H]2CCN(c3nc(C(=O)N(C)C)nc(C)c3C)C2)c1. The molecule has 0 unspecified atom stereocenters. The van der Waals surface area contributed by atoms with Crippen molar-refractivity contribution in [2.45, 2.75) is 46.7 Å². The Kier molecular flexibility index (Phi) is 5.98. The molecule has 28 heavy (non-hydrogen) atoms. The van der Waals surface area contributed by atoms with Crippen molar-refractivity contribution in [3.8, 4) is 0 Å². The molecule has 2 heterocycles. The average molecular weight is 382 g/mol. The van der Waals surface area contributed by atoms with Crippen LogP contribution in [0.5, 0.6) is 0 Å². The summed E-state index contributed by atoms with van der Waals surface area (Å²) in [6.07, 6.45) is 1.06. The van der Waals surface area contributed by atoms with Gasteiger partial charge in [0.1, 0.15) is 5.82 Å². The second-order valence-electron chi connectivity index (χ2n) is 8.02. The molecule has 0 spiro atoms. The van der Waals surface area contributed by atoms with Crippen molar-refractivity contribution in [1.29, 1.82) is 0 Å². The van der Waals surface area contributed by atoms with Gasteiger partial charge >= 0.3 is 0 Å². The quantitative estimate of drug-likeness (QED) is 0.863. The van der Waals surface area contributed by atoms with E-state index in [1.54, 1.807) is 14.1 Å². The van der Waals surface area contributed by atoms with Gasteiger partial charge in [0.05, 0.1) is 0 Å². The highest BCUT2D eigenvalue weighted by atomic mass is 16.2. The number of hydrogen-bond acceptors (Lipinski definition) is 5. The summed E-state index contributed by atoms with van der Waals surface area (Å²) in [6.45, 7) is 11.0. The van der Waals surface area contributed by atoms with Gasteiger partial charge in [-0.15, -0.1) is 0 Å². The highest BCUT2D eigenvalue weighted by Gasteiger charge is 2.26. The molecule has 1 aromatic carbocycles. The lowest BCUT2D eigenvalue weighted by Gasteiger charge is -2.22. The Bertz CT molecular complexity index is 877. The third-order valence-electron chi connectivity index (χ3n) is 5.53. The van der Waals surface area contributed by atoms with Crippen LogP contribution in [0.3, 0.4) is 0 Å². The highest BCUT2D eigenvalue weighted by Crippen LogP contribution is 2.24. The molecule has 2 aromatic rings. The Morgan fingerprint density at radius 3 is 2.68 bits per heavy atom. The summed E-state index contributed by atoms with van der Waals surface area (Å²) in [5, 5.41) is 3.70. The number of aryl methyl sites for hydroxylation is 3. The molecule has 6 nitrogen and oxygen atoms in total. The molecule has 0 aliphatic carbocycles. The smallest absolute Gasteiger partial charge is 0.291 e. The van der Waals surface area contributed by atoms with E-state index >= 15 is 0 Å². The third kappa shape index (κ3) is 4.33. The predicted molar refractivity (Wildman–Crippen MR) is 113 cm³/mol. The molecular weight excluding hydrogens is 350 g/mol. The fraction of sp³-hybridized carbons (Fsp3) is 0.500. The molecule has 1 saturated heterocycles. The van der Waals surface area contributed by atoms with E-state index in [2.05, 4.69) is 52.2 Å². The summed E-state index contributed by atoms with van der Waals surface area (Å²) >= 11 is 0. The van der Waals surface area contributed by atoms with Crippen LogP contribution in [0.1, 0.15) is 45.0 Å². The largest absolute Gasteiger partial charge is 0.355 e. The van der Waals surface area contributed by atoms with Crippen LogP contribution in [0.2, 0.25) is 0 Å². The summed E-state index contributed by atoms with van der Waals surface area (Å²) in [5.74, 6) is 0.997. The van der Waals surface area contributed by atoms with Gasteiger partial charge in [0.2, 0.25) is 5.82 Å². The van der Waals surface area contributed by atoms with Gasteiger partial charge in [-0.05, 0) is 45.2 Å². The van der Waals surface area contributed by atoms with Gasteiger partial charge in [-0.25, -0.2) is 9.97 Å². The molecule has 1 atom stereocenters. The maximum absolute atomic E-state index is 12.3. The topological polar surface area (TPSA) is 61.4 Å². The first-order valence-corrected chi connectivity index (χ1v) is 9.87. The minimum Gasteiger partial charge on any atom is -0.355 e. The molecule has 1 N–H and O–H groups in total. The summed E-state index contributed by atoms with van der Waals surface area (Å²) in [4.78, 5) is 25.1. The predicted octanol–water partition coefficient (Wildman–Crippen LogP) is 2.78. The van der Waals surface area contributed by atoms with Gasteiger partial charge in [0, 0.05) is 51.0 Å². The third-order valence-corrected chi connectivity index (χ3v) is 5.53. The van der Waals surface area contributed by atoms with Crippen molar-refractivity contribution in [2.75, 3.05) is 32.1 Å². The lowest BCUT2D eigenvalue weighted by Crippen LogP contribution is -2.33. The fourth-order valence-corrected chi connectivity index (χ4v) is 3.58. The van der Waals surface area contributed by atoms with Crippen molar-refractivity contribution in [2.24, 2.45) is 0 Å². The Morgan fingerprint density at radius 2 is 1.96 bits per heavy atom. The van der Waals surface area contributed by atoms with Gasteiger partial charge in [0.15, 0.2) is 0 Å². The molecule has 0 saturated carbocycles. The van der Waals surface area contributed by atoms with E-state index in [1.165, 1.54) is 21.6 Å². The number of amides is 1. The standard InChI is InChI=1S/C22H31N5O/c1-14-7-8-15(2)18(11-14)12-23-19-9-10-27(13-19)21-16(3)17(4)24-20(25-21)22(28)26(5)6/h7-8,11,19,23H,9-10,12-13H2,1-6H3/t19-/m1/s1. The number of benzene rings is 1. The minimum atomic E-state index is -0.159. The van der Waals surface area contributed by atoms with Crippen LogP contribution in [0, 0.1) is 27.7 Å². The number of carbonyl (C=O) groups is 1. The highest BCUT2D eigenvalue weighted by molar-refractivity contribution is 5.90. The van der Waals surface area contributed by atoms with Gasteiger partial charge in [-0.2, -0.15) is 0 Å². The number of nitrogens with one attached hydrogen (secondary N) is 1. The Morgan fingerprint density at radius 1 is 1.21 bits per heavy atom. The fourth-order valence-electron chi connectivity index (χ4n) is 3.58. The zero-order chi connectivity index (χ0) is 20.4. The monoisotopic (exact) mass is 381 g/mol. The zero-order valence-electron chi connectivity index (χ0n) is 17.8. The molecule has 1 amide bonds. The molecule has 0 radical (unpaired) electrons. The first-order valence-electron chi connectivity index (χ1n) is 9.87. The van der Waals surface area contributed by atoms with Crippen LogP contribution in [-0.4, -0.2) is 54.0 Å². The summed E-state index contributed by atoms with van der Waals surface area (Å²) in [5.41, 5.74) is 5.88. The molecular formula is C22H31N5O. The lowest BCUT2D eigenvalue weighted by molar-refractivity contribution is 0.0815. The van der Waals surface area contributed by atoms with Crippen LogP contribution in [0.4, 0.5) is 5.82 Å². The Balaban J connectivity index is 1.71. The first kappa shape index (κ1) is 20.3.